The molecule has 2 N–H and O–H groups in total. The monoisotopic (exact) mass is 238 g/mol. The van der Waals surface area contributed by atoms with Crippen LogP contribution in [0.5, 0.6) is 0 Å². The maximum absolute atomic E-state index is 8.89. The fourth-order valence-electron chi connectivity index (χ4n) is 2.09. The third-order valence-electron chi connectivity index (χ3n) is 3.06. The smallest absolute Gasteiger partial charge is 0.137 e. The lowest BCUT2D eigenvalue weighted by atomic mass is 10.1. The molecule has 0 radical (unpaired) electrons. The fourth-order valence-corrected chi connectivity index (χ4v) is 2.09. The number of hydrogen-bond donors (Lipinski definition) is 2. The number of benzene rings is 1. The number of aliphatic hydroxyl groups excluding tert-OH is 1. The van der Waals surface area contributed by atoms with Gasteiger partial charge in [-0.15, -0.1) is 0 Å². The van der Waals surface area contributed by atoms with Crippen LogP contribution in [0, 0.1) is 0 Å². The minimum atomic E-state index is 0.190. The van der Waals surface area contributed by atoms with E-state index in [0.717, 1.165) is 27.9 Å². The van der Waals surface area contributed by atoms with Crippen LogP contribution in [0.25, 0.3) is 22.3 Å². The second-order valence-corrected chi connectivity index (χ2v) is 4.29. The summed E-state index contributed by atoms with van der Waals surface area (Å²) in [5, 5.41) is 10.0. The third kappa shape index (κ3) is 2.00. The first-order chi connectivity index (χ1) is 8.86. The third-order valence-corrected chi connectivity index (χ3v) is 3.06. The van der Waals surface area contributed by atoms with E-state index in [0.29, 0.717) is 6.42 Å². The van der Waals surface area contributed by atoms with Crippen molar-refractivity contribution < 1.29 is 5.11 Å². The van der Waals surface area contributed by atoms with Gasteiger partial charge in [-0.3, -0.25) is 0 Å². The highest BCUT2D eigenvalue weighted by atomic mass is 16.2. The van der Waals surface area contributed by atoms with Crippen molar-refractivity contribution in [1.82, 2.24) is 9.97 Å². The maximum Gasteiger partial charge on any atom is 0.137 e. The van der Waals surface area contributed by atoms with Crippen LogP contribution in [0.15, 0.2) is 48.7 Å². The van der Waals surface area contributed by atoms with Crippen LogP contribution in [-0.2, 0) is 6.42 Å². The molecule has 2 aromatic heterocycles. The summed E-state index contributed by atoms with van der Waals surface area (Å²) in [6, 6.07) is 14.3. The Morgan fingerprint density at radius 2 is 1.94 bits per heavy atom. The van der Waals surface area contributed by atoms with E-state index in [1.165, 1.54) is 0 Å². The molecule has 0 bridgehead atoms. The summed E-state index contributed by atoms with van der Waals surface area (Å²) in [7, 11) is 0. The van der Waals surface area contributed by atoms with Gasteiger partial charge in [-0.25, -0.2) is 4.98 Å². The van der Waals surface area contributed by atoms with E-state index in [9.17, 15) is 0 Å². The summed E-state index contributed by atoms with van der Waals surface area (Å²) in [6.45, 7) is 0.190. The van der Waals surface area contributed by atoms with E-state index >= 15 is 0 Å². The zero-order valence-electron chi connectivity index (χ0n) is 9.93. The van der Waals surface area contributed by atoms with Gasteiger partial charge in [0.05, 0.1) is 0 Å². The van der Waals surface area contributed by atoms with Crippen molar-refractivity contribution in [3.05, 3.63) is 54.2 Å². The van der Waals surface area contributed by atoms with Gasteiger partial charge < -0.3 is 10.1 Å². The molecule has 90 valence electrons. The Morgan fingerprint density at radius 1 is 1.11 bits per heavy atom. The molecular weight excluding hydrogens is 224 g/mol. The molecule has 0 saturated carbocycles. The van der Waals surface area contributed by atoms with Crippen LogP contribution in [0.4, 0.5) is 0 Å². The first kappa shape index (κ1) is 11.0. The van der Waals surface area contributed by atoms with E-state index < -0.39 is 0 Å². The van der Waals surface area contributed by atoms with Gasteiger partial charge in [0, 0.05) is 23.9 Å². The molecule has 1 aromatic carbocycles. The van der Waals surface area contributed by atoms with Crippen LogP contribution < -0.4 is 0 Å². The second kappa shape index (κ2) is 4.63. The summed E-state index contributed by atoms with van der Waals surface area (Å²) in [5.74, 6) is 0. The number of fused-ring (bicyclic) bond motifs is 1. The van der Waals surface area contributed by atoms with E-state index in [4.69, 9.17) is 5.11 Å². The molecule has 0 saturated heterocycles. The van der Waals surface area contributed by atoms with Gasteiger partial charge in [-0.05, 0) is 35.7 Å². The molecule has 18 heavy (non-hydrogen) atoms. The number of aliphatic hydroxyl groups is 1. The molecule has 0 atom stereocenters. The highest BCUT2D eigenvalue weighted by Crippen LogP contribution is 2.23. The van der Waals surface area contributed by atoms with E-state index in [1.54, 1.807) is 6.20 Å². The zero-order chi connectivity index (χ0) is 12.4. The molecule has 0 fully saturated rings. The summed E-state index contributed by atoms with van der Waals surface area (Å²) in [4.78, 5) is 7.59. The molecule has 3 heteroatoms. The Morgan fingerprint density at radius 3 is 2.67 bits per heavy atom. The second-order valence-electron chi connectivity index (χ2n) is 4.29. The van der Waals surface area contributed by atoms with Crippen molar-refractivity contribution >= 4 is 11.0 Å². The van der Waals surface area contributed by atoms with Crippen LogP contribution >= 0.6 is 0 Å². The molecule has 0 spiro atoms. The summed E-state index contributed by atoms with van der Waals surface area (Å²) in [5.41, 5.74) is 4.26. The van der Waals surface area contributed by atoms with Crippen LogP contribution in [0.3, 0.4) is 0 Å². The number of nitrogens with one attached hydrogen (secondary N) is 1. The largest absolute Gasteiger partial charge is 0.396 e. The van der Waals surface area contributed by atoms with E-state index in [1.807, 2.05) is 24.3 Å². The molecule has 0 unspecified atom stereocenters. The van der Waals surface area contributed by atoms with Crippen molar-refractivity contribution in [2.45, 2.75) is 6.42 Å². The normalized spacial score (nSPS) is 10.9. The van der Waals surface area contributed by atoms with Gasteiger partial charge in [0.2, 0.25) is 0 Å². The van der Waals surface area contributed by atoms with Crippen LogP contribution in [0.2, 0.25) is 0 Å². The Hall–Kier alpha value is -2.13. The Labute approximate surface area is 105 Å². The van der Waals surface area contributed by atoms with Gasteiger partial charge in [0.1, 0.15) is 5.65 Å². The lowest BCUT2D eigenvalue weighted by molar-refractivity contribution is 0.299. The van der Waals surface area contributed by atoms with Crippen molar-refractivity contribution in [3.63, 3.8) is 0 Å². The highest BCUT2D eigenvalue weighted by Gasteiger charge is 2.03. The maximum atomic E-state index is 8.89. The number of pyridine rings is 1. The van der Waals surface area contributed by atoms with Gasteiger partial charge >= 0.3 is 0 Å². The first-order valence-corrected chi connectivity index (χ1v) is 6.01. The molecular formula is C15H14N2O. The molecule has 3 aromatic rings. The lowest BCUT2D eigenvalue weighted by Gasteiger charge is -2.00. The highest BCUT2D eigenvalue weighted by molar-refractivity contribution is 5.82. The van der Waals surface area contributed by atoms with Gasteiger partial charge in [-0.2, -0.15) is 0 Å². The first-order valence-electron chi connectivity index (χ1n) is 6.01. The molecule has 0 aliphatic rings. The Bertz CT molecular complexity index is 623. The number of hydrogen-bond acceptors (Lipinski definition) is 2. The van der Waals surface area contributed by atoms with Crippen molar-refractivity contribution in [3.8, 4) is 11.3 Å². The summed E-state index contributed by atoms with van der Waals surface area (Å²) < 4.78 is 0. The minimum Gasteiger partial charge on any atom is -0.396 e. The standard InChI is InChI=1S/C15H14N2O/c18-9-7-11-3-5-12(6-4-11)14-10-13-2-1-8-16-15(13)17-14/h1-6,8,10,18H,7,9H2,(H,16,17). The lowest BCUT2D eigenvalue weighted by Crippen LogP contribution is -1.89. The SMILES string of the molecule is OCCc1ccc(-c2cc3cccnc3[nH]2)cc1. The Kier molecular flexibility index (Phi) is 2.82. The molecule has 2 heterocycles. The predicted octanol–water partition coefficient (Wildman–Crippen LogP) is 2.76. The summed E-state index contributed by atoms with van der Waals surface area (Å²) in [6.07, 6.45) is 2.49. The molecule has 0 amide bonds. The number of nitrogens with zero attached hydrogens (tertiary/aromatic N) is 1. The molecule has 0 aliphatic carbocycles. The molecule has 3 nitrogen and oxygen atoms in total. The number of aromatic amines is 1. The topological polar surface area (TPSA) is 48.9 Å². The van der Waals surface area contributed by atoms with Gasteiger partial charge in [0.15, 0.2) is 0 Å². The molecule has 0 aliphatic heterocycles. The Balaban J connectivity index is 1.98. The van der Waals surface area contributed by atoms with Gasteiger partial charge in [-0.1, -0.05) is 24.3 Å². The zero-order valence-corrected chi connectivity index (χ0v) is 9.93. The average molecular weight is 238 g/mol. The summed E-state index contributed by atoms with van der Waals surface area (Å²) >= 11 is 0. The number of aromatic nitrogens is 2. The van der Waals surface area contributed by atoms with Crippen LogP contribution in [0.1, 0.15) is 5.56 Å². The fraction of sp³-hybridized carbons (Fsp3) is 0.133. The van der Waals surface area contributed by atoms with Crippen molar-refractivity contribution in [2.75, 3.05) is 6.61 Å². The average Bonchev–Trinajstić information content (AvgIpc) is 2.84. The number of H-pyrrole nitrogens is 1. The number of rotatable bonds is 3. The van der Waals surface area contributed by atoms with E-state index in [-0.39, 0.29) is 6.61 Å². The van der Waals surface area contributed by atoms with Gasteiger partial charge in [0.25, 0.3) is 0 Å². The van der Waals surface area contributed by atoms with Crippen molar-refractivity contribution in [1.29, 1.82) is 0 Å². The van der Waals surface area contributed by atoms with E-state index in [2.05, 4.69) is 28.2 Å². The predicted molar refractivity (Wildman–Crippen MR) is 72.3 cm³/mol. The minimum absolute atomic E-state index is 0.190. The quantitative estimate of drug-likeness (QED) is 0.737. The molecule has 3 rings (SSSR count). The van der Waals surface area contributed by atoms with Crippen molar-refractivity contribution in [2.24, 2.45) is 0 Å². The van der Waals surface area contributed by atoms with Crippen LogP contribution in [-0.4, -0.2) is 21.7 Å².